The van der Waals surface area contributed by atoms with Crippen molar-refractivity contribution in [1.82, 2.24) is 0 Å². The van der Waals surface area contributed by atoms with Crippen LogP contribution < -0.4 is 0 Å². The number of aryl methyl sites for hydroxylation is 2. The fourth-order valence-corrected chi connectivity index (χ4v) is 1.55. The van der Waals surface area contributed by atoms with Crippen LogP contribution in [0.1, 0.15) is 43.1 Å². The minimum Gasteiger partial charge on any atom is -0.388 e. The molecule has 0 heterocycles. The Kier molecular flexibility index (Phi) is 3.70. The van der Waals surface area contributed by atoms with Crippen LogP contribution in [-0.4, -0.2) is 5.11 Å². The van der Waals surface area contributed by atoms with Gasteiger partial charge in [-0.2, -0.15) is 0 Å². The normalized spacial score (nSPS) is 13.3. The van der Waals surface area contributed by atoms with Crippen LogP contribution in [0.3, 0.4) is 0 Å². The van der Waals surface area contributed by atoms with Gasteiger partial charge in [-0.25, -0.2) is 0 Å². The predicted octanol–water partition coefficient (Wildman–Crippen LogP) is 3.38. The molecule has 1 aromatic carbocycles. The molecule has 1 N–H and O–H groups in total. The summed E-state index contributed by atoms with van der Waals surface area (Å²) in [5.41, 5.74) is 3.58. The van der Waals surface area contributed by atoms with Gasteiger partial charge in [0.2, 0.25) is 0 Å². The van der Waals surface area contributed by atoms with Gasteiger partial charge in [-0.15, -0.1) is 0 Å². The Morgan fingerprint density at radius 3 is 2.29 bits per heavy atom. The monoisotopic (exact) mass is 192 g/mol. The van der Waals surface area contributed by atoms with Crippen LogP contribution in [0.15, 0.2) is 18.2 Å². The quantitative estimate of drug-likeness (QED) is 0.778. The zero-order chi connectivity index (χ0) is 10.7. The van der Waals surface area contributed by atoms with Crippen molar-refractivity contribution in [3.8, 4) is 0 Å². The summed E-state index contributed by atoms with van der Waals surface area (Å²) < 4.78 is 0. The first-order valence-electron chi connectivity index (χ1n) is 5.26. The van der Waals surface area contributed by atoms with Gasteiger partial charge in [0.15, 0.2) is 0 Å². The highest BCUT2D eigenvalue weighted by atomic mass is 16.3. The summed E-state index contributed by atoms with van der Waals surface area (Å²) in [4.78, 5) is 0. The van der Waals surface area contributed by atoms with Crippen LogP contribution in [0.5, 0.6) is 0 Å². The van der Waals surface area contributed by atoms with E-state index in [2.05, 4.69) is 39.8 Å². The molecule has 0 aliphatic rings. The molecular formula is C13H20O. The van der Waals surface area contributed by atoms with Crippen molar-refractivity contribution < 1.29 is 5.11 Å². The zero-order valence-corrected chi connectivity index (χ0v) is 9.54. The van der Waals surface area contributed by atoms with Gasteiger partial charge >= 0.3 is 0 Å². The number of aliphatic hydroxyl groups is 1. The first kappa shape index (κ1) is 11.3. The molecule has 0 bridgehead atoms. The maximum absolute atomic E-state index is 9.91. The molecule has 78 valence electrons. The van der Waals surface area contributed by atoms with Crippen molar-refractivity contribution in [3.63, 3.8) is 0 Å². The van der Waals surface area contributed by atoms with Crippen molar-refractivity contribution in [3.05, 3.63) is 34.9 Å². The number of rotatable bonds is 3. The van der Waals surface area contributed by atoms with Crippen LogP contribution in [0, 0.1) is 19.8 Å². The molecule has 0 saturated heterocycles. The van der Waals surface area contributed by atoms with E-state index in [0.717, 1.165) is 12.0 Å². The Hall–Kier alpha value is -0.820. The Morgan fingerprint density at radius 1 is 1.14 bits per heavy atom. The van der Waals surface area contributed by atoms with Crippen LogP contribution in [0.25, 0.3) is 0 Å². The van der Waals surface area contributed by atoms with Crippen molar-refractivity contribution >= 4 is 0 Å². The predicted molar refractivity (Wildman–Crippen MR) is 60.3 cm³/mol. The fourth-order valence-electron chi connectivity index (χ4n) is 1.55. The molecule has 1 rings (SSSR count). The van der Waals surface area contributed by atoms with Crippen molar-refractivity contribution in [1.29, 1.82) is 0 Å². The molecule has 0 aromatic heterocycles. The largest absolute Gasteiger partial charge is 0.388 e. The van der Waals surface area contributed by atoms with Crippen molar-refractivity contribution in [2.45, 2.75) is 40.2 Å². The Morgan fingerprint density at radius 2 is 1.79 bits per heavy atom. The topological polar surface area (TPSA) is 20.2 Å². The molecule has 1 heteroatoms. The summed E-state index contributed by atoms with van der Waals surface area (Å²) in [5, 5.41) is 9.91. The van der Waals surface area contributed by atoms with E-state index < -0.39 is 0 Å². The number of hydrogen-bond donors (Lipinski definition) is 1. The van der Waals surface area contributed by atoms with E-state index in [4.69, 9.17) is 0 Å². The fraction of sp³-hybridized carbons (Fsp3) is 0.538. The van der Waals surface area contributed by atoms with Gasteiger partial charge in [0.1, 0.15) is 0 Å². The molecule has 1 atom stereocenters. The molecule has 0 saturated carbocycles. The lowest BCUT2D eigenvalue weighted by atomic mass is 9.97. The molecule has 0 amide bonds. The second-order valence-electron chi connectivity index (χ2n) is 4.49. The average Bonchev–Trinajstić information content (AvgIpc) is 2.08. The maximum atomic E-state index is 9.91. The highest BCUT2D eigenvalue weighted by Gasteiger charge is 2.09. The Labute approximate surface area is 86.8 Å². The first-order chi connectivity index (χ1) is 6.50. The summed E-state index contributed by atoms with van der Waals surface area (Å²) in [6, 6.07) is 6.19. The second kappa shape index (κ2) is 4.61. The van der Waals surface area contributed by atoms with Crippen molar-refractivity contribution in [2.75, 3.05) is 0 Å². The smallest absolute Gasteiger partial charge is 0.0792 e. The summed E-state index contributed by atoms with van der Waals surface area (Å²) >= 11 is 0. The number of hydrogen-bond acceptors (Lipinski definition) is 1. The highest BCUT2D eigenvalue weighted by molar-refractivity contribution is 5.31. The minimum atomic E-state index is -0.311. The third-order valence-electron chi connectivity index (χ3n) is 2.61. The van der Waals surface area contributed by atoms with Gasteiger partial charge in [-0.1, -0.05) is 32.0 Å². The van der Waals surface area contributed by atoms with E-state index in [0.29, 0.717) is 5.92 Å². The number of benzene rings is 1. The summed E-state index contributed by atoms with van der Waals surface area (Å²) in [6.07, 6.45) is 0.525. The molecule has 0 spiro atoms. The van der Waals surface area contributed by atoms with Crippen LogP contribution >= 0.6 is 0 Å². The number of aliphatic hydroxyl groups excluding tert-OH is 1. The van der Waals surface area contributed by atoms with Gasteiger partial charge in [0.25, 0.3) is 0 Å². The van der Waals surface area contributed by atoms with Gasteiger partial charge in [-0.3, -0.25) is 0 Å². The van der Waals surface area contributed by atoms with Gasteiger partial charge in [0, 0.05) is 0 Å². The standard InChI is InChI=1S/C13H20O/c1-9(2)7-13(14)12-6-5-10(3)11(4)8-12/h5-6,8-9,13-14H,7H2,1-4H3. The molecule has 0 aliphatic heterocycles. The molecule has 1 unspecified atom stereocenters. The highest BCUT2D eigenvalue weighted by Crippen LogP contribution is 2.22. The van der Waals surface area contributed by atoms with E-state index in [9.17, 15) is 5.11 Å². The molecule has 14 heavy (non-hydrogen) atoms. The zero-order valence-electron chi connectivity index (χ0n) is 9.54. The van der Waals surface area contributed by atoms with Crippen molar-refractivity contribution in [2.24, 2.45) is 5.92 Å². The summed E-state index contributed by atoms with van der Waals surface area (Å²) in [6.45, 7) is 8.43. The van der Waals surface area contributed by atoms with E-state index >= 15 is 0 Å². The Bertz CT molecular complexity index is 302. The van der Waals surface area contributed by atoms with E-state index in [1.807, 2.05) is 6.07 Å². The third kappa shape index (κ3) is 2.85. The minimum absolute atomic E-state index is 0.311. The van der Waals surface area contributed by atoms with E-state index in [-0.39, 0.29) is 6.10 Å². The molecule has 1 nitrogen and oxygen atoms in total. The molecular weight excluding hydrogens is 172 g/mol. The van der Waals surface area contributed by atoms with Crippen LogP contribution in [0.4, 0.5) is 0 Å². The van der Waals surface area contributed by atoms with E-state index in [1.165, 1.54) is 11.1 Å². The molecule has 0 radical (unpaired) electrons. The molecule has 1 aromatic rings. The summed E-state index contributed by atoms with van der Waals surface area (Å²) in [5.74, 6) is 0.534. The van der Waals surface area contributed by atoms with Gasteiger partial charge < -0.3 is 5.11 Å². The lowest BCUT2D eigenvalue weighted by Gasteiger charge is -2.14. The average molecular weight is 192 g/mol. The first-order valence-corrected chi connectivity index (χ1v) is 5.26. The third-order valence-corrected chi connectivity index (χ3v) is 2.61. The van der Waals surface area contributed by atoms with Crippen LogP contribution in [-0.2, 0) is 0 Å². The van der Waals surface area contributed by atoms with Gasteiger partial charge in [-0.05, 0) is 42.9 Å². The molecule has 0 fully saturated rings. The lowest BCUT2D eigenvalue weighted by molar-refractivity contribution is 0.151. The van der Waals surface area contributed by atoms with Crippen LogP contribution in [0.2, 0.25) is 0 Å². The molecule has 0 aliphatic carbocycles. The lowest BCUT2D eigenvalue weighted by Crippen LogP contribution is -2.02. The SMILES string of the molecule is Cc1ccc(C(O)CC(C)C)cc1C. The summed E-state index contributed by atoms with van der Waals surface area (Å²) in [7, 11) is 0. The Balaban J connectivity index is 2.80. The second-order valence-corrected chi connectivity index (χ2v) is 4.49. The van der Waals surface area contributed by atoms with Gasteiger partial charge in [0.05, 0.1) is 6.10 Å². The van der Waals surface area contributed by atoms with E-state index in [1.54, 1.807) is 0 Å². The maximum Gasteiger partial charge on any atom is 0.0792 e.